The summed E-state index contributed by atoms with van der Waals surface area (Å²) in [7, 11) is 0. The molecule has 184 valence electrons. The van der Waals surface area contributed by atoms with Crippen molar-refractivity contribution in [1.82, 2.24) is 15.5 Å². The van der Waals surface area contributed by atoms with Gasteiger partial charge in [-0.2, -0.15) is 0 Å². The molecule has 2 aromatic rings. The second-order valence-corrected chi connectivity index (χ2v) is 8.96. The molecule has 1 saturated heterocycles. The fourth-order valence-corrected chi connectivity index (χ4v) is 3.66. The van der Waals surface area contributed by atoms with Crippen molar-refractivity contribution in [3.63, 3.8) is 0 Å². The zero-order valence-electron chi connectivity index (χ0n) is 19.7. The van der Waals surface area contributed by atoms with Crippen molar-refractivity contribution < 1.29 is 19.1 Å². The van der Waals surface area contributed by atoms with Crippen LogP contribution in [0.3, 0.4) is 0 Å². The van der Waals surface area contributed by atoms with Gasteiger partial charge in [0.25, 0.3) is 5.91 Å². The number of amides is 3. The highest BCUT2D eigenvalue weighted by atomic mass is 35.5. The lowest BCUT2D eigenvalue weighted by Gasteiger charge is -2.26. The van der Waals surface area contributed by atoms with Crippen LogP contribution in [-0.2, 0) is 11.3 Å². The molecule has 0 saturated carbocycles. The van der Waals surface area contributed by atoms with Crippen LogP contribution in [0.15, 0.2) is 42.5 Å². The van der Waals surface area contributed by atoms with Crippen molar-refractivity contribution in [2.24, 2.45) is 5.92 Å². The van der Waals surface area contributed by atoms with Gasteiger partial charge in [0.15, 0.2) is 0 Å². The Labute approximate surface area is 205 Å². The minimum Gasteiger partial charge on any atom is -0.492 e. The van der Waals surface area contributed by atoms with Gasteiger partial charge in [-0.1, -0.05) is 37.6 Å². The van der Waals surface area contributed by atoms with Crippen LogP contribution in [0, 0.1) is 5.92 Å². The zero-order chi connectivity index (χ0) is 24.3. The molecule has 1 aliphatic rings. The van der Waals surface area contributed by atoms with E-state index in [9.17, 15) is 9.59 Å². The first-order valence-corrected chi connectivity index (χ1v) is 11.9. The third kappa shape index (κ3) is 8.52. The Morgan fingerprint density at radius 3 is 2.65 bits per heavy atom. The summed E-state index contributed by atoms with van der Waals surface area (Å²) in [5, 5.41) is 8.67. The summed E-state index contributed by atoms with van der Waals surface area (Å²) in [6.45, 7) is 9.81. The largest absolute Gasteiger partial charge is 0.492 e. The van der Waals surface area contributed by atoms with Crippen LogP contribution < -0.4 is 20.7 Å². The van der Waals surface area contributed by atoms with Crippen LogP contribution in [0.1, 0.15) is 29.8 Å². The van der Waals surface area contributed by atoms with E-state index < -0.39 is 0 Å². The molecule has 2 aromatic carbocycles. The first kappa shape index (κ1) is 25.8. The Morgan fingerprint density at radius 1 is 1.12 bits per heavy atom. The smallest absolute Gasteiger partial charge is 0.319 e. The number of benzene rings is 2. The number of carbonyl (C=O) groups is 2. The molecule has 1 aliphatic heterocycles. The third-order valence-corrected chi connectivity index (χ3v) is 5.59. The highest BCUT2D eigenvalue weighted by Crippen LogP contribution is 2.21. The quantitative estimate of drug-likeness (QED) is 0.473. The summed E-state index contributed by atoms with van der Waals surface area (Å²) in [6.07, 6.45) is 0. The number of morpholine rings is 1. The average molecular weight is 489 g/mol. The molecule has 3 amide bonds. The predicted molar refractivity (Wildman–Crippen MR) is 134 cm³/mol. The fraction of sp³-hybridized carbons (Fsp3) is 0.440. The van der Waals surface area contributed by atoms with Gasteiger partial charge in [0.1, 0.15) is 12.4 Å². The van der Waals surface area contributed by atoms with E-state index in [4.69, 9.17) is 21.1 Å². The van der Waals surface area contributed by atoms with Gasteiger partial charge in [-0.05, 0) is 41.8 Å². The molecule has 3 rings (SSSR count). The average Bonchev–Trinajstić information content (AvgIpc) is 2.82. The Bertz CT molecular complexity index is 964. The zero-order valence-corrected chi connectivity index (χ0v) is 20.5. The molecule has 34 heavy (non-hydrogen) atoms. The van der Waals surface area contributed by atoms with Gasteiger partial charge in [0.2, 0.25) is 0 Å². The van der Waals surface area contributed by atoms with E-state index in [0.29, 0.717) is 36.9 Å². The lowest BCUT2D eigenvalue weighted by atomic mass is 10.1. The van der Waals surface area contributed by atoms with Crippen molar-refractivity contribution in [2.45, 2.75) is 20.4 Å². The second kappa shape index (κ2) is 13.2. The molecule has 0 bridgehead atoms. The lowest BCUT2D eigenvalue weighted by Crippen LogP contribution is -2.38. The van der Waals surface area contributed by atoms with Crippen molar-refractivity contribution in [3.8, 4) is 5.75 Å². The molecule has 3 N–H and O–H groups in total. The Balaban J connectivity index is 1.44. The summed E-state index contributed by atoms with van der Waals surface area (Å²) < 4.78 is 11.2. The van der Waals surface area contributed by atoms with Crippen LogP contribution in [0.25, 0.3) is 0 Å². The van der Waals surface area contributed by atoms with E-state index >= 15 is 0 Å². The predicted octanol–water partition coefficient (Wildman–Crippen LogP) is 3.76. The molecule has 8 nitrogen and oxygen atoms in total. The maximum absolute atomic E-state index is 12.3. The van der Waals surface area contributed by atoms with E-state index in [1.807, 2.05) is 38.1 Å². The molecule has 0 radical (unpaired) electrons. The Kier molecular flexibility index (Phi) is 10.00. The SMILES string of the molecule is CC(C)CNC(=O)c1ccc(NC(=O)NCc2cccc(OCCN3CCOCC3)c2)cc1Cl. The molecule has 1 fully saturated rings. The molecular weight excluding hydrogens is 456 g/mol. The highest BCUT2D eigenvalue weighted by molar-refractivity contribution is 6.34. The van der Waals surface area contributed by atoms with Crippen LogP contribution in [0.5, 0.6) is 5.75 Å². The number of rotatable bonds is 10. The van der Waals surface area contributed by atoms with Crippen LogP contribution >= 0.6 is 11.6 Å². The maximum Gasteiger partial charge on any atom is 0.319 e. The van der Waals surface area contributed by atoms with Crippen LogP contribution in [0.4, 0.5) is 10.5 Å². The summed E-state index contributed by atoms with van der Waals surface area (Å²) in [4.78, 5) is 26.9. The molecule has 0 unspecified atom stereocenters. The van der Waals surface area contributed by atoms with Gasteiger partial charge in [0.05, 0.1) is 23.8 Å². The minimum absolute atomic E-state index is 0.234. The maximum atomic E-state index is 12.3. The number of nitrogens with one attached hydrogen (secondary N) is 3. The fourth-order valence-electron chi connectivity index (χ4n) is 3.39. The topological polar surface area (TPSA) is 91.9 Å². The second-order valence-electron chi connectivity index (χ2n) is 8.56. The summed E-state index contributed by atoms with van der Waals surface area (Å²) in [5.74, 6) is 0.877. The van der Waals surface area contributed by atoms with Gasteiger partial charge in [-0.25, -0.2) is 4.79 Å². The molecule has 9 heteroatoms. The number of nitrogens with zero attached hydrogens (tertiary/aromatic N) is 1. The van der Waals surface area contributed by atoms with Gasteiger partial charge in [0, 0.05) is 38.4 Å². The van der Waals surface area contributed by atoms with Gasteiger partial charge in [-0.3, -0.25) is 9.69 Å². The van der Waals surface area contributed by atoms with E-state index in [1.54, 1.807) is 18.2 Å². The van der Waals surface area contributed by atoms with Crippen molar-refractivity contribution in [2.75, 3.05) is 51.3 Å². The Morgan fingerprint density at radius 2 is 1.91 bits per heavy atom. The molecular formula is C25H33ClN4O4. The van der Waals surface area contributed by atoms with Crippen molar-refractivity contribution in [3.05, 3.63) is 58.6 Å². The van der Waals surface area contributed by atoms with Crippen molar-refractivity contribution >= 4 is 29.2 Å². The van der Waals surface area contributed by atoms with E-state index in [1.165, 1.54) is 0 Å². The number of urea groups is 1. The number of hydrogen-bond acceptors (Lipinski definition) is 5. The van der Waals surface area contributed by atoms with Crippen molar-refractivity contribution in [1.29, 1.82) is 0 Å². The summed E-state index contributed by atoms with van der Waals surface area (Å²) in [5.41, 5.74) is 1.80. The first-order chi connectivity index (χ1) is 16.4. The molecule has 1 heterocycles. The molecule has 0 aromatic heterocycles. The number of carbonyl (C=O) groups excluding carboxylic acids is 2. The standard InChI is InChI=1S/C25H33ClN4O4/c1-18(2)16-27-24(31)22-7-6-20(15-23(22)26)29-25(32)28-17-19-4-3-5-21(14-19)34-13-10-30-8-11-33-12-9-30/h3-7,14-15,18H,8-13,16-17H2,1-2H3,(H,27,31)(H2,28,29,32). The monoisotopic (exact) mass is 488 g/mol. The molecule has 0 atom stereocenters. The van der Waals surface area contributed by atoms with E-state index in [2.05, 4.69) is 20.9 Å². The van der Waals surface area contributed by atoms with E-state index in [0.717, 1.165) is 44.2 Å². The van der Waals surface area contributed by atoms with Crippen LogP contribution in [-0.4, -0.2) is 62.8 Å². The van der Waals surface area contributed by atoms with Gasteiger partial charge < -0.3 is 25.4 Å². The summed E-state index contributed by atoms with van der Waals surface area (Å²) in [6, 6.07) is 12.1. The number of hydrogen-bond donors (Lipinski definition) is 3. The summed E-state index contributed by atoms with van der Waals surface area (Å²) >= 11 is 6.25. The highest BCUT2D eigenvalue weighted by Gasteiger charge is 2.13. The third-order valence-electron chi connectivity index (χ3n) is 5.27. The molecule has 0 aliphatic carbocycles. The normalized spacial score (nSPS) is 14.0. The number of anilines is 1. The number of halogens is 1. The molecule has 0 spiro atoms. The lowest BCUT2D eigenvalue weighted by molar-refractivity contribution is 0.0322. The van der Waals surface area contributed by atoms with Crippen LogP contribution in [0.2, 0.25) is 5.02 Å². The first-order valence-electron chi connectivity index (χ1n) is 11.5. The van der Waals surface area contributed by atoms with E-state index in [-0.39, 0.29) is 17.0 Å². The number of ether oxygens (including phenoxy) is 2. The van der Waals surface area contributed by atoms with Gasteiger partial charge in [-0.15, -0.1) is 0 Å². The van der Waals surface area contributed by atoms with Gasteiger partial charge >= 0.3 is 6.03 Å². The minimum atomic E-state index is -0.369. The Hall–Kier alpha value is -2.81.